The van der Waals surface area contributed by atoms with Gasteiger partial charge < -0.3 is 11.1 Å². The lowest BCUT2D eigenvalue weighted by Gasteiger charge is -2.33. The number of benzene rings is 2. The molecule has 1 amide bonds. The first kappa shape index (κ1) is 15.6. The van der Waals surface area contributed by atoms with Crippen molar-refractivity contribution in [2.24, 2.45) is 0 Å². The number of carbonyl (C=O) groups excluding carboxylic acids is 1. The maximum atomic E-state index is 12.3. The molecule has 2 aromatic rings. The number of carbonyl (C=O) groups is 1. The van der Waals surface area contributed by atoms with Gasteiger partial charge in [-0.15, -0.1) is 0 Å². The van der Waals surface area contributed by atoms with E-state index in [2.05, 4.69) is 34.5 Å². The minimum absolute atomic E-state index is 0.0381. The normalized spacial score (nSPS) is 18.5. The van der Waals surface area contributed by atoms with E-state index in [9.17, 15) is 4.79 Å². The number of hydrogen-bond acceptors (Lipinski definition) is 3. The molecule has 1 fully saturated rings. The second kappa shape index (κ2) is 7.29. The Labute approximate surface area is 137 Å². The first-order valence-corrected chi connectivity index (χ1v) is 8.13. The van der Waals surface area contributed by atoms with Crippen LogP contribution in [0.2, 0.25) is 0 Å². The van der Waals surface area contributed by atoms with Gasteiger partial charge in [-0.3, -0.25) is 9.69 Å². The highest BCUT2D eigenvalue weighted by Gasteiger charge is 2.21. The Morgan fingerprint density at radius 2 is 2.00 bits per heavy atom. The van der Waals surface area contributed by atoms with E-state index in [1.165, 1.54) is 5.56 Å². The van der Waals surface area contributed by atoms with E-state index in [0.717, 1.165) is 32.5 Å². The van der Waals surface area contributed by atoms with Crippen LogP contribution in [0.15, 0.2) is 54.6 Å². The van der Waals surface area contributed by atoms with Crippen molar-refractivity contribution in [3.8, 4) is 0 Å². The number of rotatable bonds is 4. The molecular formula is C19H23N3O. The summed E-state index contributed by atoms with van der Waals surface area (Å²) in [4.78, 5) is 14.8. The Kier molecular flexibility index (Phi) is 4.93. The smallest absolute Gasteiger partial charge is 0.251 e. The van der Waals surface area contributed by atoms with Crippen LogP contribution in [0.5, 0.6) is 0 Å². The molecule has 1 atom stereocenters. The molecule has 1 aliphatic rings. The molecule has 3 N–H and O–H groups in total. The van der Waals surface area contributed by atoms with Crippen molar-refractivity contribution in [2.75, 3.05) is 18.8 Å². The van der Waals surface area contributed by atoms with E-state index in [-0.39, 0.29) is 11.9 Å². The monoisotopic (exact) mass is 309 g/mol. The highest BCUT2D eigenvalue weighted by atomic mass is 16.1. The van der Waals surface area contributed by atoms with Crippen LogP contribution in [0.1, 0.15) is 28.8 Å². The van der Waals surface area contributed by atoms with E-state index in [4.69, 9.17) is 5.73 Å². The van der Waals surface area contributed by atoms with Crippen molar-refractivity contribution in [1.82, 2.24) is 10.2 Å². The zero-order valence-corrected chi connectivity index (χ0v) is 13.2. The third-order valence-electron chi connectivity index (χ3n) is 4.24. The summed E-state index contributed by atoms with van der Waals surface area (Å²) >= 11 is 0. The predicted octanol–water partition coefficient (Wildman–Crippen LogP) is 2.66. The quantitative estimate of drug-likeness (QED) is 0.854. The van der Waals surface area contributed by atoms with Gasteiger partial charge in [0.2, 0.25) is 0 Å². The maximum absolute atomic E-state index is 12.3. The molecule has 0 bridgehead atoms. The van der Waals surface area contributed by atoms with Gasteiger partial charge in [-0.05, 0) is 43.1 Å². The molecule has 2 aromatic carbocycles. The van der Waals surface area contributed by atoms with Crippen molar-refractivity contribution >= 4 is 11.6 Å². The standard InChI is InChI=1S/C19H23N3O/c20-17-9-4-8-16(12-17)19(23)21-18-10-5-11-22(14-18)13-15-6-2-1-3-7-15/h1-4,6-9,12,18H,5,10-11,13-14,20H2,(H,21,23). The van der Waals surface area contributed by atoms with Gasteiger partial charge in [-0.25, -0.2) is 0 Å². The zero-order chi connectivity index (χ0) is 16.1. The second-order valence-corrected chi connectivity index (χ2v) is 6.16. The average Bonchev–Trinajstić information content (AvgIpc) is 2.56. The van der Waals surface area contributed by atoms with E-state index < -0.39 is 0 Å². The van der Waals surface area contributed by atoms with E-state index in [1.807, 2.05) is 12.1 Å². The van der Waals surface area contributed by atoms with E-state index in [1.54, 1.807) is 18.2 Å². The van der Waals surface area contributed by atoms with Crippen LogP contribution < -0.4 is 11.1 Å². The molecule has 120 valence electrons. The van der Waals surface area contributed by atoms with Gasteiger partial charge in [-0.2, -0.15) is 0 Å². The van der Waals surface area contributed by atoms with Crippen molar-refractivity contribution in [3.63, 3.8) is 0 Å². The summed E-state index contributed by atoms with van der Waals surface area (Å²) in [6, 6.07) is 17.8. The van der Waals surface area contributed by atoms with E-state index >= 15 is 0 Å². The fourth-order valence-electron chi connectivity index (χ4n) is 3.11. The Bertz CT molecular complexity index is 657. The van der Waals surface area contributed by atoms with Gasteiger partial charge in [0, 0.05) is 30.4 Å². The number of likely N-dealkylation sites (tertiary alicyclic amines) is 1. The first-order chi connectivity index (χ1) is 11.2. The Morgan fingerprint density at radius 1 is 1.17 bits per heavy atom. The molecule has 4 heteroatoms. The van der Waals surface area contributed by atoms with Crippen LogP contribution in [-0.4, -0.2) is 29.9 Å². The van der Waals surface area contributed by atoms with Gasteiger partial charge >= 0.3 is 0 Å². The van der Waals surface area contributed by atoms with Crippen LogP contribution in [0, 0.1) is 0 Å². The lowest BCUT2D eigenvalue weighted by Crippen LogP contribution is -2.47. The topological polar surface area (TPSA) is 58.4 Å². The fraction of sp³-hybridized carbons (Fsp3) is 0.316. The molecule has 0 saturated carbocycles. The Hall–Kier alpha value is -2.33. The van der Waals surface area contributed by atoms with Crippen LogP contribution in [-0.2, 0) is 6.54 Å². The third-order valence-corrected chi connectivity index (χ3v) is 4.24. The lowest BCUT2D eigenvalue weighted by atomic mass is 10.0. The summed E-state index contributed by atoms with van der Waals surface area (Å²) in [5, 5.41) is 3.14. The number of nitrogens with two attached hydrogens (primary N) is 1. The Morgan fingerprint density at radius 3 is 2.78 bits per heavy atom. The summed E-state index contributed by atoms with van der Waals surface area (Å²) in [5.74, 6) is -0.0381. The van der Waals surface area contributed by atoms with Crippen molar-refractivity contribution in [3.05, 3.63) is 65.7 Å². The number of hydrogen-bond donors (Lipinski definition) is 2. The molecule has 3 rings (SSSR count). The summed E-state index contributed by atoms with van der Waals surface area (Å²) < 4.78 is 0. The minimum Gasteiger partial charge on any atom is -0.399 e. The number of nitrogens with zero attached hydrogens (tertiary/aromatic N) is 1. The SMILES string of the molecule is Nc1cccc(C(=O)NC2CCCN(Cc3ccccc3)C2)c1. The van der Waals surface area contributed by atoms with Crippen LogP contribution in [0.4, 0.5) is 5.69 Å². The van der Waals surface area contributed by atoms with Gasteiger partial charge in [0.05, 0.1) is 0 Å². The third kappa shape index (κ3) is 4.33. The summed E-state index contributed by atoms with van der Waals surface area (Å²) in [6.07, 6.45) is 2.13. The van der Waals surface area contributed by atoms with Crippen LogP contribution in [0.25, 0.3) is 0 Å². The maximum Gasteiger partial charge on any atom is 0.251 e. The fourth-order valence-corrected chi connectivity index (χ4v) is 3.11. The van der Waals surface area contributed by atoms with Crippen molar-refractivity contribution in [1.29, 1.82) is 0 Å². The molecule has 4 nitrogen and oxygen atoms in total. The number of amides is 1. The zero-order valence-electron chi connectivity index (χ0n) is 13.2. The molecule has 0 radical (unpaired) electrons. The molecule has 1 aliphatic heterocycles. The predicted molar refractivity (Wildman–Crippen MR) is 93.1 cm³/mol. The largest absolute Gasteiger partial charge is 0.399 e. The first-order valence-electron chi connectivity index (χ1n) is 8.13. The van der Waals surface area contributed by atoms with Crippen LogP contribution in [0.3, 0.4) is 0 Å². The number of anilines is 1. The summed E-state index contributed by atoms with van der Waals surface area (Å²) in [7, 11) is 0. The lowest BCUT2D eigenvalue weighted by molar-refractivity contribution is 0.0901. The molecule has 0 aromatic heterocycles. The van der Waals surface area contributed by atoms with Gasteiger partial charge in [0.15, 0.2) is 0 Å². The second-order valence-electron chi connectivity index (χ2n) is 6.16. The molecule has 1 heterocycles. The molecule has 1 saturated heterocycles. The van der Waals surface area contributed by atoms with Gasteiger partial charge in [0.1, 0.15) is 0 Å². The molecule has 1 unspecified atom stereocenters. The number of nitrogens with one attached hydrogen (secondary N) is 1. The number of piperidine rings is 1. The Balaban J connectivity index is 1.57. The summed E-state index contributed by atoms with van der Waals surface area (Å²) in [5.41, 5.74) is 8.31. The summed E-state index contributed by atoms with van der Waals surface area (Å²) in [6.45, 7) is 2.91. The molecule has 23 heavy (non-hydrogen) atoms. The van der Waals surface area contributed by atoms with Crippen molar-refractivity contribution < 1.29 is 4.79 Å². The van der Waals surface area contributed by atoms with Crippen molar-refractivity contribution in [2.45, 2.75) is 25.4 Å². The average molecular weight is 309 g/mol. The highest BCUT2D eigenvalue weighted by molar-refractivity contribution is 5.95. The molecule has 0 aliphatic carbocycles. The highest BCUT2D eigenvalue weighted by Crippen LogP contribution is 2.15. The number of nitrogen functional groups attached to an aromatic ring is 1. The van der Waals surface area contributed by atoms with Crippen LogP contribution >= 0.6 is 0 Å². The minimum atomic E-state index is -0.0381. The van der Waals surface area contributed by atoms with E-state index in [0.29, 0.717) is 11.3 Å². The van der Waals surface area contributed by atoms with Gasteiger partial charge in [0.25, 0.3) is 5.91 Å². The molecular weight excluding hydrogens is 286 g/mol. The van der Waals surface area contributed by atoms with Gasteiger partial charge in [-0.1, -0.05) is 36.4 Å². The molecule has 0 spiro atoms.